The Morgan fingerprint density at radius 3 is 2.71 bits per heavy atom. The second-order valence-electron chi connectivity index (χ2n) is 5.65. The predicted molar refractivity (Wildman–Crippen MR) is 89.6 cm³/mol. The van der Waals surface area contributed by atoms with E-state index in [0.29, 0.717) is 24.5 Å². The van der Waals surface area contributed by atoms with Gasteiger partial charge in [-0.3, -0.25) is 9.63 Å². The van der Waals surface area contributed by atoms with Crippen LogP contribution in [0.3, 0.4) is 0 Å². The molecular weight excluding hydrogens is 306 g/mol. The molecule has 5 heteroatoms. The molecule has 1 atom stereocenters. The number of ether oxygens (including phenoxy) is 2. The largest absolute Gasteiger partial charge is 0.490 e. The number of hydrogen-bond acceptors (Lipinski definition) is 4. The third kappa shape index (κ3) is 4.57. The quantitative estimate of drug-likeness (QED) is 0.794. The van der Waals surface area contributed by atoms with Crippen LogP contribution in [0.2, 0.25) is 0 Å². The molecule has 1 fully saturated rings. The van der Waals surface area contributed by atoms with Crippen LogP contribution in [-0.2, 0) is 16.2 Å². The van der Waals surface area contributed by atoms with Crippen molar-refractivity contribution in [3.05, 3.63) is 65.7 Å². The molecule has 1 heterocycles. The number of amides is 1. The summed E-state index contributed by atoms with van der Waals surface area (Å²) in [4.78, 5) is 17.6. The first-order valence-electron chi connectivity index (χ1n) is 8.12. The molecule has 0 aromatic heterocycles. The molecule has 1 saturated heterocycles. The molecule has 1 aliphatic rings. The first kappa shape index (κ1) is 16.5. The lowest BCUT2D eigenvalue weighted by Gasteiger charge is -2.14. The van der Waals surface area contributed by atoms with Gasteiger partial charge < -0.3 is 9.47 Å². The van der Waals surface area contributed by atoms with E-state index in [0.717, 1.165) is 25.0 Å². The highest BCUT2D eigenvalue weighted by Crippen LogP contribution is 2.20. The van der Waals surface area contributed by atoms with Crippen molar-refractivity contribution in [2.24, 2.45) is 0 Å². The smallest absolute Gasteiger partial charge is 0.278 e. The lowest BCUT2D eigenvalue weighted by atomic mass is 10.2. The Morgan fingerprint density at radius 2 is 1.92 bits per heavy atom. The van der Waals surface area contributed by atoms with Gasteiger partial charge in [-0.1, -0.05) is 42.5 Å². The van der Waals surface area contributed by atoms with Gasteiger partial charge >= 0.3 is 0 Å². The second kappa shape index (κ2) is 8.47. The van der Waals surface area contributed by atoms with E-state index >= 15 is 0 Å². The van der Waals surface area contributed by atoms with Crippen molar-refractivity contribution in [2.45, 2.75) is 25.6 Å². The molecule has 0 spiro atoms. The highest BCUT2D eigenvalue weighted by Gasteiger charge is 2.18. The minimum Gasteiger partial charge on any atom is -0.490 e. The van der Waals surface area contributed by atoms with Gasteiger partial charge in [-0.2, -0.15) is 0 Å². The SMILES string of the molecule is O=C(NOCc1ccccc1)c1ccccc1OCC1CCCO1. The molecular formula is C19H21NO4. The van der Waals surface area contributed by atoms with Gasteiger partial charge in [-0.15, -0.1) is 0 Å². The Kier molecular flexibility index (Phi) is 5.82. The van der Waals surface area contributed by atoms with Crippen LogP contribution in [0.4, 0.5) is 0 Å². The zero-order valence-corrected chi connectivity index (χ0v) is 13.4. The van der Waals surface area contributed by atoms with Crippen LogP contribution in [0.1, 0.15) is 28.8 Å². The monoisotopic (exact) mass is 327 g/mol. The minimum atomic E-state index is -0.325. The molecule has 126 valence electrons. The van der Waals surface area contributed by atoms with Crippen LogP contribution in [0.5, 0.6) is 5.75 Å². The number of para-hydroxylation sites is 1. The van der Waals surface area contributed by atoms with E-state index in [4.69, 9.17) is 14.3 Å². The standard InChI is InChI=1S/C19H21NO4/c21-19(20-24-13-15-7-2-1-3-8-15)17-10-4-5-11-18(17)23-14-16-9-6-12-22-16/h1-5,7-8,10-11,16H,6,9,12-14H2,(H,20,21). The Hall–Kier alpha value is -2.37. The number of nitrogens with one attached hydrogen (secondary N) is 1. The predicted octanol–water partition coefficient (Wildman–Crippen LogP) is 3.11. The molecule has 1 unspecified atom stereocenters. The molecule has 3 rings (SSSR count). The summed E-state index contributed by atoms with van der Waals surface area (Å²) in [6, 6.07) is 16.8. The topological polar surface area (TPSA) is 56.8 Å². The van der Waals surface area contributed by atoms with Crippen LogP contribution in [0, 0.1) is 0 Å². The molecule has 2 aromatic carbocycles. The van der Waals surface area contributed by atoms with Crippen LogP contribution >= 0.6 is 0 Å². The van der Waals surface area contributed by atoms with Gasteiger partial charge in [-0.25, -0.2) is 5.48 Å². The summed E-state index contributed by atoms with van der Waals surface area (Å²) < 4.78 is 11.3. The summed E-state index contributed by atoms with van der Waals surface area (Å²) in [6.45, 7) is 1.55. The molecule has 24 heavy (non-hydrogen) atoms. The van der Waals surface area contributed by atoms with E-state index in [1.54, 1.807) is 18.2 Å². The second-order valence-corrected chi connectivity index (χ2v) is 5.65. The Bertz CT molecular complexity index is 653. The Balaban J connectivity index is 1.53. The van der Waals surface area contributed by atoms with Crippen molar-refractivity contribution in [3.63, 3.8) is 0 Å². The highest BCUT2D eigenvalue weighted by atomic mass is 16.6. The van der Waals surface area contributed by atoms with Gasteiger partial charge in [0.15, 0.2) is 0 Å². The number of benzene rings is 2. The first-order chi connectivity index (χ1) is 11.8. The molecule has 0 radical (unpaired) electrons. The third-order valence-corrected chi connectivity index (χ3v) is 3.83. The van der Waals surface area contributed by atoms with Crippen molar-refractivity contribution < 1.29 is 19.1 Å². The average molecular weight is 327 g/mol. The lowest BCUT2D eigenvalue weighted by Crippen LogP contribution is -2.25. The van der Waals surface area contributed by atoms with Gasteiger partial charge in [0.05, 0.1) is 18.3 Å². The Labute approximate surface area is 141 Å². The molecule has 1 N–H and O–H groups in total. The number of carbonyl (C=O) groups is 1. The molecule has 0 aliphatic carbocycles. The lowest BCUT2D eigenvalue weighted by molar-refractivity contribution is 0.0227. The molecule has 5 nitrogen and oxygen atoms in total. The number of carbonyl (C=O) groups excluding carboxylic acids is 1. The number of hydrogen-bond donors (Lipinski definition) is 1. The van der Waals surface area contributed by atoms with E-state index in [2.05, 4.69) is 5.48 Å². The summed E-state index contributed by atoms with van der Waals surface area (Å²) in [5.74, 6) is 0.211. The van der Waals surface area contributed by atoms with E-state index in [9.17, 15) is 4.79 Å². The average Bonchev–Trinajstić information content (AvgIpc) is 3.14. The van der Waals surface area contributed by atoms with Crippen molar-refractivity contribution in [2.75, 3.05) is 13.2 Å². The first-order valence-corrected chi connectivity index (χ1v) is 8.12. The maximum Gasteiger partial charge on any atom is 0.278 e. The van der Waals surface area contributed by atoms with Crippen LogP contribution in [0.15, 0.2) is 54.6 Å². The van der Waals surface area contributed by atoms with Crippen molar-refractivity contribution >= 4 is 5.91 Å². The van der Waals surface area contributed by atoms with Crippen molar-refractivity contribution in [1.82, 2.24) is 5.48 Å². The summed E-state index contributed by atoms with van der Waals surface area (Å²) in [7, 11) is 0. The van der Waals surface area contributed by atoms with Gasteiger partial charge in [0.25, 0.3) is 5.91 Å². The van der Waals surface area contributed by atoms with Gasteiger partial charge in [-0.05, 0) is 30.5 Å². The fourth-order valence-corrected chi connectivity index (χ4v) is 2.55. The third-order valence-electron chi connectivity index (χ3n) is 3.83. The van der Waals surface area contributed by atoms with Crippen molar-refractivity contribution in [1.29, 1.82) is 0 Å². The highest BCUT2D eigenvalue weighted by molar-refractivity contribution is 5.96. The minimum absolute atomic E-state index is 0.107. The van der Waals surface area contributed by atoms with Crippen LogP contribution < -0.4 is 10.2 Å². The van der Waals surface area contributed by atoms with E-state index in [-0.39, 0.29) is 12.0 Å². The Morgan fingerprint density at radius 1 is 1.12 bits per heavy atom. The maximum atomic E-state index is 12.3. The number of hydroxylamine groups is 1. The van der Waals surface area contributed by atoms with Crippen molar-refractivity contribution in [3.8, 4) is 5.75 Å². The van der Waals surface area contributed by atoms with E-state index < -0.39 is 0 Å². The summed E-state index contributed by atoms with van der Waals surface area (Å²) in [6.07, 6.45) is 2.16. The van der Waals surface area contributed by atoms with Gasteiger partial charge in [0.1, 0.15) is 12.4 Å². The van der Waals surface area contributed by atoms with E-state index in [1.165, 1.54) is 0 Å². The van der Waals surface area contributed by atoms with Gasteiger partial charge in [0.2, 0.25) is 0 Å². The normalized spacial score (nSPS) is 16.8. The number of rotatable bonds is 7. The fraction of sp³-hybridized carbons (Fsp3) is 0.316. The summed E-state index contributed by atoms with van der Waals surface area (Å²) in [5.41, 5.74) is 3.90. The zero-order valence-electron chi connectivity index (χ0n) is 13.4. The summed E-state index contributed by atoms with van der Waals surface area (Å²) >= 11 is 0. The van der Waals surface area contributed by atoms with Crippen LogP contribution in [0.25, 0.3) is 0 Å². The fourth-order valence-electron chi connectivity index (χ4n) is 2.55. The molecule has 0 saturated carbocycles. The van der Waals surface area contributed by atoms with Gasteiger partial charge in [0, 0.05) is 6.61 Å². The molecule has 1 amide bonds. The molecule has 0 bridgehead atoms. The summed E-state index contributed by atoms with van der Waals surface area (Å²) in [5, 5.41) is 0. The molecule has 2 aromatic rings. The van der Waals surface area contributed by atoms with E-state index in [1.807, 2.05) is 36.4 Å². The zero-order chi connectivity index (χ0) is 16.6. The van der Waals surface area contributed by atoms with Crippen LogP contribution in [-0.4, -0.2) is 25.2 Å². The maximum absolute atomic E-state index is 12.3. The molecule has 1 aliphatic heterocycles.